The van der Waals surface area contributed by atoms with E-state index in [2.05, 4.69) is 10.6 Å². The van der Waals surface area contributed by atoms with E-state index >= 15 is 0 Å². The van der Waals surface area contributed by atoms with Crippen molar-refractivity contribution in [2.45, 2.75) is 13.1 Å². The third-order valence-corrected chi connectivity index (χ3v) is 3.02. The summed E-state index contributed by atoms with van der Waals surface area (Å²) in [6.07, 6.45) is 1.57. The SMILES string of the molecule is CNCc1ccccc1NC(=O)Cn1cccc1C(=O)O. The maximum atomic E-state index is 12.1. The minimum atomic E-state index is -1.05. The molecule has 0 unspecified atom stereocenters. The molecule has 6 heteroatoms. The molecular weight excluding hydrogens is 270 g/mol. The van der Waals surface area contributed by atoms with Crippen molar-refractivity contribution in [2.24, 2.45) is 0 Å². The van der Waals surface area contributed by atoms with Gasteiger partial charge in [0.2, 0.25) is 5.91 Å². The first kappa shape index (κ1) is 14.8. The Bertz CT molecular complexity index is 649. The molecular formula is C15H17N3O3. The lowest BCUT2D eigenvalue weighted by atomic mass is 10.1. The van der Waals surface area contributed by atoms with Gasteiger partial charge in [0.25, 0.3) is 0 Å². The number of carbonyl (C=O) groups is 2. The molecule has 1 heterocycles. The first-order valence-electron chi connectivity index (χ1n) is 6.52. The maximum Gasteiger partial charge on any atom is 0.352 e. The molecule has 3 N–H and O–H groups in total. The second-order valence-corrected chi connectivity index (χ2v) is 4.56. The average Bonchev–Trinajstić information content (AvgIpc) is 2.89. The molecule has 0 radical (unpaired) electrons. The van der Waals surface area contributed by atoms with Crippen LogP contribution in [0.5, 0.6) is 0 Å². The number of carboxylic acids is 1. The van der Waals surface area contributed by atoms with E-state index in [0.717, 1.165) is 11.3 Å². The highest BCUT2D eigenvalue weighted by Crippen LogP contribution is 2.15. The number of aromatic nitrogens is 1. The van der Waals surface area contributed by atoms with Gasteiger partial charge in [-0.1, -0.05) is 18.2 Å². The molecule has 0 saturated carbocycles. The van der Waals surface area contributed by atoms with Crippen LogP contribution >= 0.6 is 0 Å². The minimum absolute atomic E-state index is 0.0392. The summed E-state index contributed by atoms with van der Waals surface area (Å²) in [7, 11) is 1.83. The number of nitrogens with one attached hydrogen (secondary N) is 2. The Balaban J connectivity index is 2.08. The number of anilines is 1. The van der Waals surface area contributed by atoms with Gasteiger partial charge in [0, 0.05) is 18.4 Å². The predicted molar refractivity (Wildman–Crippen MR) is 79.2 cm³/mol. The normalized spacial score (nSPS) is 10.3. The van der Waals surface area contributed by atoms with E-state index in [4.69, 9.17) is 5.11 Å². The molecule has 2 rings (SSSR count). The fraction of sp³-hybridized carbons (Fsp3) is 0.200. The summed E-state index contributed by atoms with van der Waals surface area (Å²) in [6, 6.07) is 10.5. The summed E-state index contributed by atoms with van der Waals surface area (Å²) in [6.45, 7) is 0.600. The number of hydrogen-bond donors (Lipinski definition) is 3. The number of amides is 1. The zero-order valence-corrected chi connectivity index (χ0v) is 11.7. The number of carboxylic acid groups (broad SMARTS) is 1. The van der Waals surface area contributed by atoms with Gasteiger partial charge in [0.15, 0.2) is 0 Å². The summed E-state index contributed by atoms with van der Waals surface area (Å²) in [5.41, 5.74) is 1.79. The highest BCUT2D eigenvalue weighted by Gasteiger charge is 2.12. The van der Waals surface area contributed by atoms with Crippen LogP contribution in [0.4, 0.5) is 5.69 Å². The molecule has 0 atom stereocenters. The van der Waals surface area contributed by atoms with E-state index < -0.39 is 5.97 Å². The lowest BCUT2D eigenvalue weighted by molar-refractivity contribution is -0.116. The number of para-hydroxylation sites is 1. The molecule has 2 aromatic rings. The van der Waals surface area contributed by atoms with Crippen LogP contribution in [0, 0.1) is 0 Å². The van der Waals surface area contributed by atoms with Crippen molar-refractivity contribution >= 4 is 17.6 Å². The smallest absolute Gasteiger partial charge is 0.352 e. The van der Waals surface area contributed by atoms with Gasteiger partial charge in [-0.2, -0.15) is 0 Å². The molecule has 21 heavy (non-hydrogen) atoms. The first-order valence-corrected chi connectivity index (χ1v) is 6.52. The van der Waals surface area contributed by atoms with Gasteiger partial charge >= 0.3 is 5.97 Å². The average molecular weight is 287 g/mol. The second-order valence-electron chi connectivity index (χ2n) is 4.56. The van der Waals surface area contributed by atoms with Crippen LogP contribution in [0.1, 0.15) is 16.1 Å². The Kier molecular flexibility index (Phi) is 4.73. The van der Waals surface area contributed by atoms with Crippen molar-refractivity contribution in [2.75, 3.05) is 12.4 Å². The highest BCUT2D eigenvalue weighted by atomic mass is 16.4. The fourth-order valence-corrected chi connectivity index (χ4v) is 2.08. The maximum absolute atomic E-state index is 12.1. The number of hydrogen-bond acceptors (Lipinski definition) is 3. The topological polar surface area (TPSA) is 83.4 Å². The second kappa shape index (κ2) is 6.71. The molecule has 0 spiro atoms. The van der Waals surface area contributed by atoms with Gasteiger partial charge in [0.1, 0.15) is 12.2 Å². The molecule has 0 aliphatic rings. The van der Waals surface area contributed by atoms with Crippen LogP contribution in [0.3, 0.4) is 0 Å². The third kappa shape index (κ3) is 3.70. The van der Waals surface area contributed by atoms with E-state index in [1.807, 2.05) is 31.3 Å². The third-order valence-electron chi connectivity index (χ3n) is 3.02. The number of nitrogens with zero attached hydrogens (tertiary/aromatic N) is 1. The predicted octanol–water partition coefficient (Wildman–Crippen LogP) is 1.54. The highest BCUT2D eigenvalue weighted by molar-refractivity contribution is 5.92. The van der Waals surface area contributed by atoms with E-state index in [-0.39, 0.29) is 18.1 Å². The number of aromatic carboxylic acids is 1. The van der Waals surface area contributed by atoms with Gasteiger partial charge in [-0.05, 0) is 30.8 Å². The van der Waals surface area contributed by atoms with E-state index in [9.17, 15) is 9.59 Å². The monoisotopic (exact) mass is 287 g/mol. The van der Waals surface area contributed by atoms with Crippen LogP contribution in [0.15, 0.2) is 42.6 Å². The van der Waals surface area contributed by atoms with E-state index in [1.165, 1.54) is 10.6 Å². The van der Waals surface area contributed by atoms with Crippen molar-refractivity contribution in [3.63, 3.8) is 0 Å². The Hall–Kier alpha value is -2.60. The van der Waals surface area contributed by atoms with Crippen LogP contribution in [-0.2, 0) is 17.9 Å². The van der Waals surface area contributed by atoms with Crippen molar-refractivity contribution < 1.29 is 14.7 Å². The lowest BCUT2D eigenvalue weighted by Gasteiger charge is -2.11. The zero-order valence-electron chi connectivity index (χ0n) is 11.7. The van der Waals surface area contributed by atoms with E-state index in [0.29, 0.717) is 6.54 Å². The van der Waals surface area contributed by atoms with E-state index in [1.54, 1.807) is 12.3 Å². The van der Waals surface area contributed by atoms with Gasteiger partial charge < -0.3 is 20.3 Å². The fourth-order valence-electron chi connectivity index (χ4n) is 2.08. The summed E-state index contributed by atoms with van der Waals surface area (Å²) >= 11 is 0. The minimum Gasteiger partial charge on any atom is -0.477 e. The molecule has 1 aromatic carbocycles. The quantitative estimate of drug-likeness (QED) is 0.752. The van der Waals surface area contributed by atoms with Gasteiger partial charge in [0.05, 0.1) is 0 Å². The molecule has 1 amide bonds. The molecule has 0 saturated heterocycles. The molecule has 0 aliphatic heterocycles. The molecule has 0 bridgehead atoms. The largest absolute Gasteiger partial charge is 0.477 e. The van der Waals surface area contributed by atoms with Crippen LogP contribution < -0.4 is 10.6 Å². The molecule has 0 aliphatic carbocycles. The Labute approximate surface area is 122 Å². The molecule has 1 aromatic heterocycles. The zero-order chi connectivity index (χ0) is 15.2. The van der Waals surface area contributed by atoms with Crippen LogP contribution in [0.2, 0.25) is 0 Å². The van der Waals surface area contributed by atoms with Gasteiger partial charge in [-0.15, -0.1) is 0 Å². The van der Waals surface area contributed by atoms with Crippen molar-refractivity contribution in [1.82, 2.24) is 9.88 Å². The van der Waals surface area contributed by atoms with Crippen LogP contribution in [-0.4, -0.2) is 28.6 Å². The van der Waals surface area contributed by atoms with Crippen molar-refractivity contribution in [3.05, 3.63) is 53.9 Å². The summed E-state index contributed by atoms with van der Waals surface area (Å²) < 4.78 is 1.40. The lowest BCUT2D eigenvalue weighted by Crippen LogP contribution is -2.22. The van der Waals surface area contributed by atoms with Gasteiger partial charge in [-0.3, -0.25) is 4.79 Å². The Morgan fingerprint density at radius 3 is 2.67 bits per heavy atom. The summed E-state index contributed by atoms with van der Waals surface area (Å²) in [4.78, 5) is 23.1. The number of rotatable bonds is 6. The first-order chi connectivity index (χ1) is 10.1. The Morgan fingerprint density at radius 1 is 1.19 bits per heavy atom. The Morgan fingerprint density at radius 2 is 1.95 bits per heavy atom. The number of benzene rings is 1. The number of carbonyl (C=O) groups excluding carboxylic acids is 1. The summed E-state index contributed by atoms with van der Waals surface area (Å²) in [5.74, 6) is -1.32. The molecule has 6 nitrogen and oxygen atoms in total. The molecule has 0 fully saturated rings. The van der Waals surface area contributed by atoms with Crippen molar-refractivity contribution in [1.29, 1.82) is 0 Å². The standard InChI is InChI=1S/C15H17N3O3/c1-16-9-11-5-2-3-6-12(11)17-14(19)10-18-8-4-7-13(18)15(20)21/h2-8,16H,9-10H2,1H3,(H,17,19)(H,20,21). The molecule has 110 valence electrons. The van der Waals surface area contributed by atoms with Crippen molar-refractivity contribution in [3.8, 4) is 0 Å². The summed E-state index contributed by atoms with van der Waals surface area (Å²) in [5, 5.41) is 14.9. The van der Waals surface area contributed by atoms with Gasteiger partial charge in [-0.25, -0.2) is 4.79 Å². The van der Waals surface area contributed by atoms with Crippen LogP contribution in [0.25, 0.3) is 0 Å².